The molecule has 9 aromatic rings. The van der Waals surface area contributed by atoms with Crippen molar-refractivity contribution in [3.8, 4) is 33.4 Å². The van der Waals surface area contributed by atoms with E-state index in [0.29, 0.717) is 0 Å². The Bertz CT molecular complexity index is 3430. The van der Waals surface area contributed by atoms with E-state index in [0.717, 1.165) is 30.6 Å². The van der Waals surface area contributed by atoms with Gasteiger partial charge in [-0.3, -0.25) is 0 Å². The number of hydrogen-bond donors (Lipinski definition) is 0. The second kappa shape index (κ2) is 16.8. The van der Waals surface area contributed by atoms with Crippen LogP contribution in [0.3, 0.4) is 0 Å². The fourth-order valence-corrected chi connectivity index (χ4v) is 11.2. The summed E-state index contributed by atoms with van der Waals surface area (Å²) < 4.78 is 0. The number of para-hydroxylation sites is 2. The van der Waals surface area contributed by atoms with Crippen molar-refractivity contribution in [2.75, 3.05) is 9.80 Å². The molecule has 0 aliphatic heterocycles. The predicted molar refractivity (Wildman–Crippen MR) is 285 cm³/mol. The van der Waals surface area contributed by atoms with Gasteiger partial charge in [0.25, 0.3) is 0 Å². The molecule has 322 valence electrons. The predicted octanol–water partition coefficient (Wildman–Crippen LogP) is 17.6. The van der Waals surface area contributed by atoms with E-state index in [1.165, 1.54) is 94.3 Å². The first kappa shape index (κ1) is 40.6. The molecule has 0 saturated carbocycles. The molecule has 2 heteroatoms. The third kappa shape index (κ3) is 7.12. The van der Waals surface area contributed by atoms with E-state index < -0.39 is 0 Å². The van der Waals surface area contributed by atoms with Crippen molar-refractivity contribution in [1.82, 2.24) is 0 Å². The van der Waals surface area contributed by atoms with Crippen LogP contribution < -0.4 is 9.80 Å². The van der Waals surface area contributed by atoms with Crippen LogP contribution in [0.2, 0.25) is 0 Å². The molecule has 12 rings (SSSR count). The van der Waals surface area contributed by atoms with E-state index in [1.54, 1.807) is 0 Å². The van der Waals surface area contributed by atoms with Gasteiger partial charge in [-0.1, -0.05) is 190 Å². The summed E-state index contributed by atoms with van der Waals surface area (Å²) in [5, 5.41) is 5.04. The lowest BCUT2D eigenvalue weighted by Crippen LogP contribution is -2.31. The highest BCUT2D eigenvalue weighted by atomic mass is 15.2. The molecule has 1 unspecified atom stereocenters. The van der Waals surface area contributed by atoms with Gasteiger partial charge in [0, 0.05) is 33.9 Å². The van der Waals surface area contributed by atoms with Crippen molar-refractivity contribution in [1.29, 1.82) is 0 Å². The van der Waals surface area contributed by atoms with E-state index in [4.69, 9.17) is 0 Å². The smallest absolute Gasteiger partial charge is 0.0561 e. The van der Waals surface area contributed by atoms with Gasteiger partial charge in [0.1, 0.15) is 0 Å². The molecule has 0 saturated heterocycles. The SMILES string of the molecule is CC1(C)C2=C(CCC=C2)c2ccc(N(c3ccccc3)C3C=CC(N(c4ccccc4)c4ccc(-c5ccc6c(-c7ccccc7)c7ccccc7c(-c7ccccc7)c6c5)cc4)=CC3)cc21. The second-order valence-electron chi connectivity index (χ2n) is 18.7. The van der Waals surface area contributed by atoms with E-state index in [2.05, 4.69) is 260 Å². The Labute approximate surface area is 394 Å². The lowest BCUT2D eigenvalue weighted by molar-refractivity contribution is 0.650. The Kier molecular flexibility index (Phi) is 10.2. The van der Waals surface area contributed by atoms with Gasteiger partial charge in [0.05, 0.1) is 6.04 Å². The standard InChI is InChI=1S/C65H52N2/c1-65(2)61-30-18-17-27-55(61)56-42-40-54(44-62(56)65)67(50-25-13-6-14-26-50)53-38-36-52(37-39-53)66(49-23-11-5-12-24-49)51-34-31-45(32-35-51)48-33-41-59-60(43-48)64(47-21-9-4-10-22-47)58-29-16-15-28-57(58)63(59)46-19-7-3-8-20-46/h3-16,18-26,28-38,40-44,53H,17,27,39H2,1-2H3. The molecule has 2 nitrogen and oxygen atoms in total. The van der Waals surface area contributed by atoms with Gasteiger partial charge in [-0.05, 0) is 157 Å². The normalized spacial score (nSPS) is 15.9. The third-order valence-electron chi connectivity index (χ3n) is 14.4. The summed E-state index contributed by atoms with van der Waals surface area (Å²) in [6.45, 7) is 4.79. The number of benzene rings is 9. The summed E-state index contributed by atoms with van der Waals surface area (Å²) in [6.07, 6.45) is 15.0. The molecule has 3 aliphatic carbocycles. The van der Waals surface area contributed by atoms with Crippen LogP contribution in [0.5, 0.6) is 0 Å². The highest BCUT2D eigenvalue weighted by Crippen LogP contribution is 2.52. The number of allylic oxidation sites excluding steroid dienone is 5. The number of nitrogens with zero attached hydrogens (tertiary/aromatic N) is 2. The molecule has 0 radical (unpaired) electrons. The molecular formula is C65H52N2. The van der Waals surface area contributed by atoms with Crippen LogP contribution in [-0.2, 0) is 5.41 Å². The first-order valence-corrected chi connectivity index (χ1v) is 23.8. The first-order valence-electron chi connectivity index (χ1n) is 23.8. The van der Waals surface area contributed by atoms with E-state index in [9.17, 15) is 0 Å². The minimum Gasteiger partial charge on any atom is -0.334 e. The van der Waals surface area contributed by atoms with Crippen molar-refractivity contribution < 1.29 is 0 Å². The Morgan fingerprint density at radius 1 is 0.463 bits per heavy atom. The Hall–Kier alpha value is -7.94. The van der Waals surface area contributed by atoms with Crippen molar-refractivity contribution in [2.45, 2.75) is 44.6 Å². The molecular weight excluding hydrogens is 809 g/mol. The molecule has 0 heterocycles. The lowest BCUT2D eigenvalue weighted by Gasteiger charge is -2.36. The van der Waals surface area contributed by atoms with Crippen LogP contribution in [0, 0.1) is 0 Å². The summed E-state index contributed by atoms with van der Waals surface area (Å²) in [6, 6.07) is 75.9. The molecule has 0 N–H and O–H groups in total. The zero-order chi connectivity index (χ0) is 44.9. The summed E-state index contributed by atoms with van der Waals surface area (Å²) in [4.78, 5) is 4.93. The minimum absolute atomic E-state index is 0.0264. The maximum Gasteiger partial charge on any atom is 0.0561 e. The van der Waals surface area contributed by atoms with Crippen molar-refractivity contribution in [2.24, 2.45) is 0 Å². The van der Waals surface area contributed by atoms with Gasteiger partial charge < -0.3 is 9.80 Å². The Balaban J connectivity index is 0.901. The molecule has 0 aromatic heterocycles. The van der Waals surface area contributed by atoms with Crippen molar-refractivity contribution in [3.63, 3.8) is 0 Å². The van der Waals surface area contributed by atoms with Crippen LogP contribution in [0.25, 0.3) is 60.5 Å². The topological polar surface area (TPSA) is 6.48 Å². The van der Waals surface area contributed by atoms with Crippen LogP contribution in [0.15, 0.2) is 248 Å². The van der Waals surface area contributed by atoms with E-state index >= 15 is 0 Å². The highest BCUT2D eigenvalue weighted by molar-refractivity contribution is 6.22. The summed E-state index contributed by atoms with van der Waals surface area (Å²) >= 11 is 0. The first-order chi connectivity index (χ1) is 33.0. The van der Waals surface area contributed by atoms with Gasteiger partial charge in [0.15, 0.2) is 0 Å². The van der Waals surface area contributed by atoms with Crippen LogP contribution in [-0.4, -0.2) is 6.04 Å². The third-order valence-corrected chi connectivity index (χ3v) is 14.4. The zero-order valence-corrected chi connectivity index (χ0v) is 38.1. The van der Waals surface area contributed by atoms with Gasteiger partial charge in [-0.15, -0.1) is 0 Å². The Morgan fingerprint density at radius 3 is 1.66 bits per heavy atom. The highest BCUT2D eigenvalue weighted by Gasteiger charge is 2.38. The largest absolute Gasteiger partial charge is 0.334 e. The average Bonchev–Trinajstić information content (AvgIpc) is 3.62. The minimum atomic E-state index is -0.0264. The fourth-order valence-electron chi connectivity index (χ4n) is 11.2. The lowest BCUT2D eigenvalue weighted by atomic mass is 9.80. The van der Waals surface area contributed by atoms with Crippen molar-refractivity contribution >= 4 is 49.9 Å². The molecule has 0 amide bonds. The van der Waals surface area contributed by atoms with Crippen LogP contribution in [0.4, 0.5) is 22.7 Å². The maximum atomic E-state index is 2.54. The summed E-state index contributed by atoms with van der Waals surface area (Å²) in [5.74, 6) is 0. The van der Waals surface area contributed by atoms with Gasteiger partial charge >= 0.3 is 0 Å². The number of fused-ring (bicyclic) bond motifs is 4. The Morgan fingerprint density at radius 2 is 1.01 bits per heavy atom. The van der Waals surface area contributed by atoms with E-state index in [1.807, 2.05) is 0 Å². The molecule has 9 aromatic carbocycles. The van der Waals surface area contributed by atoms with Crippen molar-refractivity contribution in [3.05, 3.63) is 259 Å². The number of anilines is 4. The zero-order valence-electron chi connectivity index (χ0n) is 38.1. The average molecular weight is 861 g/mol. The van der Waals surface area contributed by atoms with Crippen LogP contribution in [0.1, 0.15) is 44.2 Å². The van der Waals surface area contributed by atoms with Gasteiger partial charge in [-0.2, -0.15) is 0 Å². The maximum absolute atomic E-state index is 2.54. The number of rotatable bonds is 9. The van der Waals surface area contributed by atoms with Gasteiger partial charge in [0.2, 0.25) is 0 Å². The molecule has 0 bridgehead atoms. The summed E-state index contributed by atoms with van der Waals surface area (Å²) in [7, 11) is 0. The van der Waals surface area contributed by atoms with Gasteiger partial charge in [-0.25, -0.2) is 0 Å². The molecule has 1 atom stereocenters. The molecule has 0 fully saturated rings. The molecule has 0 spiro atoms. The molecule has 3 aliphatic rings. The molecule has 67 heavy (non-hydrogen) atoms. The van der Waals surface area contributed by atoms with E-state index in [-0.39, 0.29) is 11.5 Å². The number of hydrogen-bond acceptors (Lipinski definition) is 2. The monoisotopic (exact) mass is 860 g/mol. The van der Waals surface area contributed by atoms with Crippen LogP contribution >= 0.6 is 0 Å². The second-order valence-corrected chi connectivity index (χ2v) is 18.7. The quantitative estimate of drug-likeness (QED) is 0.133. The summed E-state index contributed by atoms with van der Waals surface area (Å²) in [5.41, 5.74) is 19.1. The fraction of sp³-hybridized carbons (Fsp3) is 0.108.